The summed E-state index contributed by atoms with van der Waals surface area (Å²) < 4.78 is 88.2. The number of hydrogen-bond acceptors (Lipinski definition) is 11. The number of amides is 3. The Morgan fingerprint density at radius 1 is 0.390 bits per heavy atom. The SMILES string of the molecule is O=C(C(Nc1ccccc1F)c1ccc(-c2ccc(C3=NN=NC3)cc2)cc1)N1CCC[C@H]1c1ccccc1F.O=C(C(Nc1ccccc1F)c1ccc(Br)cc1)N1CCC[C@H]1c1ccccc1F.[C-]#[N+]c1ccc(-c2ccc(C(Nc3ccccc3F)C(=O)N3CCC[C@H]3c3ccccc3F)cc2)cc1.[C-]#[N+]c1ccc(B(O)O)cc1. The lowest BCUT2D eigenvalue weighted by molar-refractivity contribution is -0.134. The molecule has 16 nitrogen and oxygen atoms in total. The van der Waals surface area contributed by atoms with Crippen molar-refractivity contribution < 1.29 is 50.8 Å². The summed E-state index contributed by atoms with van der Waals surface area (Å²) in [6, 6.07) is 78.8. The number of benzene rings is 12. The largest absolute Gasteiger partial charge is 0.488 e. The van der Waals surface area contributed by atoms with Crippen LogP contribution in [0.4, 0.5) is 54.8 Å². The first-order chi connectivity index (χ1) is 57.4. The summed E-state index contributed by atoms with van der Waals surface area (Å²) in [5, 5.41) is 38.3. The van der Waals surface area contributed by atoms with Crippen LogP contribution in [-0.2, 0) is 14.4 Å². The molecule has 6 atom stereocenters. The number of carbonyl (C=O) groups is 3. The lowest BCUT2D eigenvalue weighted by Gasteiger charge is -2.30. The van der Waals surface area contributed by atoms with E-state index in [2.05, 4.69) is 57.0 Å². The number of para-hydroxylation sites is 3. The van der Waals surface area contributed by atoms with Gasteiger partial charge in [-0.15, -0.1) is 5.10 Å². The maximum Gasteiger partial charge on any atom is 0.488 e. The van der Waals surface area contributed by atoms with Crippen LogP contribution in [0.15, 0.2) is 311 Å². The van der Waals surface area contributed by atoms with Crippen molar-refractivity contribution in [2.45, 2.75) is 74.8 Å². The van der Waals surface area contributed by atoms with Crippen molar-refractivity contribution >= 4 is 80.4 Å². The van der Waals surface area contributed by atoms with Gasteiger partial charge in [-0.1, -0.05) is 240 Å². The summed E-state index contributed by atoms with van der Waals surface area (Å²) in [5.74, 6) is -2.97. The lowest BCUT2D eigenvalue weighted by atomic mass is 9.80. The normalized spacial score (nSPS) is 15.9. The Bertz CT molecular complexity index is 5650. The first-order valence-corrected chi connectivity index (χ1v) is 39.2. The Kier molecular flexibility index (Phi) is 27.6. The van der Waals surface area contributed by atoms with Crippen LogP contribution in [0.3, 0.4) is 0 Å². The highest BCUT2D eigenvalue weighted by Gasteiger charge is 2.40. The molecular formula is C94H79BBrF6N11O5. The molecular weight excluding hydrogens is 1570 g/mol. The summed E-state index contributed by atoms with van der Waals surface area (Å²) in [6.07, 6.45) is 4.34. The fourth-order valence-corrected chi connectivity index (χ4v) is 15.2. The summed E-state index contributed by atoms with van der Waals surface area (Å²) in [7, 11) is -1.45. The van der Waals surface area contributed by atoms with Crippen molar-refractivity contribution in [1.29, 1.82) is 0 Å². The van der Waals surface area contributed by atoms with Crippen molar-refractivity contribution in [3.8, 4) is 22.3 Å². The van der Waals surface area contributed by atoms with E-state index in [1.165, 1.54) is 48.5 Å². The standard InChI is InChI=1S/C32H27F2N5O.C31H25F2N3O.C24H21BrF2N2O.C7H6BNO2/c33-26-7-2-1-6-25(26)30-10-5-19-39(30)32(40)31(36-28-9-4-3-8-27(28)34)24-17-13-22(14-18-24)21-11-15-23(16-12-21)29-20-35-38-37-29;1-34-24-18-16-22(17-19-24)21-12-14-23(15-13-21)30(35-28-10-5-4-9-27(28)33)31(37)36-20-6-11-29(36)25-7-2-3-8-26(25)32;25-17-13-11-16(12-14-17)23(28-21-9-4-3-8-20(21)27)24(30)29-15-5-10-22(29)18-6-1-2-7-19(18)26;1-9-7-4-2-6(3-5-7)8(10)11/h1-4,6-9,11-18,30-31,36H,5,10,19-20H2;2-5,7-10,12-19,29-30,35H,6,11,20H2;1-4,6-9,11-14,22-23,28H,5,10,15H2;2-5,10-11H/t30-,31?;29-,30?;22-,23?;/m000./s1. The molecule has 4 aliphatic heterocycles. The van der Waals surface area contributed by atoms with Crippen molar-refractivity contribution in [3.63, 3.8) is 0 Å². The van der Waals surface area contributed by atoms with Crippen molar-refractivity contribution in [2.75, 3.05) is 42.1 Å². The third-order valence-electron chi connectivity index (χ3n) is 21.0. The van der Waals surface area contributed by atoms with E-state index in [0.717, 1.165) is 57.3 Å². The second-order valence-electron chi connectivity index (χ2n) is 28.3. The van der Waals surface area contributed by atoms with Gasteiger partial charge in [0.2, 0.25) is 17.7 Å². The summed E-state index contributed by atoms with van der Waals surface area (Å²) in [4.78, 5) is 53.4. The van der Waals surface area contributed by atoms with E-state index in [4.69, 9.17) is 23.2 Å². The molecule has 3 unspecified atom stereocenters. The van der Waals surface area contributed by atoms with Crippen LogP contribution in [0.5, 0.6) is 0 Å². The number of carbonyl (C=O) groups excluding carboxylic acids is 3. The van der Waals surface area contributed by atoms with Gasteiger partial charge in [0, 0.05) is 40.8 Å². The minimum atomic E-state index is -1.45. The third kappa shape index (κ3) is 20.2. The van der Waals surface area contributed by atoms with E-state index in [9.17, 15) is 40.7 Å². The van der Waals surface area contributed by atoms with Crippen molar-refractivity contribution in [1.82, 2.24) is 14.7 Å². The molecule has 3 amide bonds. The van der Waals surface area contributed by atoms with Gasteiger partial charge >= 0.3 is 7.12 Å². The maximum absolute atomic E-state index is 14.7. The van der Waals surface area contributed by atoms with Crippen molar-refractivity contribution in [2.24, 2.45) is 15.4 Å². The van der Waals surface area contributed by atoms with Crippen LogP contribution in [0.1, 0.15) is 114 Å². The van der Waals surface area contributed by atoms with Gasteiger partial charge in [-0.05, 0) is 160 Å². The van der Waals surface area contributed by atoms with Gasteiger partial charge in [0.1, 0.15) is 59.6 Å². The van der Waals surface area contributed by atoms with Gasteiger partial charge in [-0.2, -0.15) is 5.11 Å². The Labute approximate surface area is 688 Å². The molecule has 0 radical (unpaired) electrons. The first kappa shape index (κ1) is 82.7. The predicted octanol–water partition coefficient (Wildman–Crippen LogP) is 21.2. The van der Waals surface area contributed by atoms with E-state index >= 15 is 0 Å². The molecule has 592 valence electrons. The second-order valence-corrected chi connectivity index (χ2v) is 29.3. The van der Waals surface area contributed by atoms with Crippen LogP contribution < -0.4 is 21.4 Å². The molecule has 0 bridgehead atoms. The Morgan fingerprint density at radius 2 is 0.678 bits per heavy atom. The van der Waals surface area contributed by atoms with Gasteiger partial charge in [0.15, 0.2) is 11.4 Å². The zero-order chi connectivity index (χ0) is 82.6. The van der Waals surface area contributed by atoms with E-state index in [-0.39, 0.29) is 70.4 Å². The molecule has 3 fully saturated rings. The number of rotatable bonds is 19. The predicted molar refractivity (Wildman–Crippen MR) is 452 cm³/mol. The quantitative estimate of drug-likeness (QED) is 0.0301. The first-order valence-electron chi connectivity index (χ1n) is 38.4. The highest BCUT2D eigenvalue weighted by molar-refractivity contribution is 9.10. The summed E-state index contributed by atoms with van der Waals surface area (Å²) in [5.41, 5.74) is 11.4. The average molecular weight is 1650 g/mol. The molecule has 0 saturated carbocycles. The minimum Gasteiger partial charge on any atom is -0.423 e. The van der Waals surface area contributed by atoms with Gasteiger partial charge < -0.3 is 40.7 Å². The Balaban J connectivity index is 0.000000145. The van der Waals surface area contributed by atoms with Crippen LogP contribution >= 0.6 is 15.9 Å². The molecule has 4 aliphatic rings. The molecule has 16 rings (SSSR count). The number of nitrogens with zero attached hydrogens (tertiary/aromatic N) is 8. The van der Waals surface area contributed by atoms with Gasteiger partial charge in [0.05, 0.1) is 54.0 Å². The molecule has 24 heteroatoms. The number of likely N-dealkylation sites (tertiary alicyclic amines) is 3. The maximum atomic E-state index is 14.7. The smallest absolute Gasteiger partial charge is 0.423 e. The van der Waals surface area contributed by atoms with Crippen LogP contribution in [0.25, 0.3) is 31.9 Å². The number of halogens is 7. The second kappa shape index (κ2) is 39.4. The monoisotopic (exact) mass is 1650 g/mol. The highest BCUT2D eigenvalue weighted by atomic mass is 79.9. The Hall–Kier alpha value is -13.3. The number of anilines is 3. The van der Waals surface area contributed by atoms with Crippen LogP contribution in [-0.4, -0.2) is 81.5 Å². The molecule has 4 heterocycles. The average Bonchev–Trinajstić information content (AvgIpc) is 1.55. The molecule has 0 aliphatic carbocycles. The fraction of sp³-hybridized carbons (Fsp3) is 0.170. The molecule has 0 spiro atoms. The zero-order valence-electron chi connectivity index (χ0n) is 63.7. The van der Waals surface area contributed by atoms with E-state index in [1.54, 1.807) is 148 Å². The molecule has 12 aromatic carbocycles. The van der Waals surface area contributed by atoms with Gasteiger partial charge in [-0.3, -0.25) is 14.4 Å². The lowest BCUT2D eigenvalue weighted by Crippen LogP contribution is -2.38. The topological polar surface area (TPSA) is 183 Å². The Morgan fingerprint density at radius 3 is 0.983 bits per heavy atom. The molecule has 0 aromatic heterocycles. The zero-order valence-corrected chi connectivity index (χ0v) is 65.3. The minimum absolute atomic E-state index is 0.202. The number of nitrogens with one attached hydrogen (secondary N) is 3. The fourth-order valence-electron chi connectivity index (χ4n) is 14.9. The molecule has 12 aromatic rings. The molecule has 5 N–H and O–H groups in total. The van der Waals surface area contributed by atoms with Gasteiger partial charge in [0.25, 0.3) is 0 Å². The summed E-state index contributed by atoms with van der Waals surface area (Å²) >= 11 is 3.41. The van der Waals surface area contributed by atoms with E-state index < -0.39 is 42.7 Å². The van der Waals surface area contributed by atoms with Crippen LogP contribution in [0, 0.1) is 48.0 Å². The molecule has 118 heavy (non-hydrogen) atoms. The molecule has 3 saturated heterocycles. The van der Waals surface area contributed by atoms with Crippen molar-refractivity contribution in [3.05, 3.63) is 392 Å². The highest BCUT2D eigenvalue weighted by Crippen LogP contribution is 2.41. The summed E-state index contributed by atoms with van der Waals surface area (Å²) in [6.45, 7) is 15.8. The third-order valence-corrected chi connectivity index (χ3v) is 21.5. The van der Waals surface area contributed by atoms with E-state index in [0.29, 0.717) is 95.7 Å². The van der Waals surface area contributed by atoms with Gasteiger partial charge in [-0.25, -0.2) is 36.0 Å². The van der Waals surface area contributed by atoms with E-state index in [1.807, 2.05) is 109 Å². The van der Waals surface area contributed by atoms with Crippen LogP contribution in [0.2, 0.25) is 0 Å². The number of hydrogen-bond donors (Lipinski definition) is 5.